The Kier molecular flexibility index (Phi) is 3.84. The van der Waals surface area contributed by atoms with E-state index < -0.39 is 6.10 Å². The molecule has 0 amide bonds. The Hall–Kier alpha value is -0.910. The standard InChI is InChI=1S/C15H11Br2FO2/c16-8-1-3-10-13(19)7-15(20-14(10)5-8)11-6-9(18)2-4-12(11)17/h1-6,13,15,19H,7H2/t13-,15?/m1/s1. The number of ether oxygens (including phenoxy) is 1. The van der Waals surface area contributed by atoms with Crippen LogP contribution < -0.4 is 4.74 Å². The molecule has 0 bridgehead atoms. The van der Waals surface area contributed by atoms with Crippen LogP contribution in [0.15, 0.2) is 45.3 Å². The zero-order valence-corrected chi connectivity index (χ0v) is 13.5. The van der Waals surface area contributed by atoms with E-state index in [4.69, 9.17) is 4.74 Å². The number of halogens is 3. The molecular formula is C15H11Br2FO2. The number of aliphatic hydroxyl groups is 1. The topological polar surface area (TPSA) is 29.5 Å². The molecule has 1 heterocycles. The Balaban J connectivity index is 2.00. The summed E-state index contributed by atoms with van der Waals surface area (Å²) in [7, 11) is 0. The van der Waals surface area contributed by atoms with Gasteiger partial charge in [0, 0.05) is 26.5 Å². The van der Waals surface area contributed by atoms with Crippen LogP contribution in [0.25, 0.3) is 0 Å². The summed E-state index contributed by atoms with van der Waals surface area (Å²) < 4.78 is 21.0. The van der Waals surface area contributed by atoms with Crippen LogP contribution in [-0.2, 0) is 0 Å². The molecule has 1 N–H and O–H groups in total. The molecule has 0 aliphatic carbocycles. The van der Waals surface area contributed by atoms with Crippen molar-refractivity contribution < 1.29 is 14.2 Å². The third kappa shape index (κ3) is 2.62. The molecule has 20 heavy (non-hydrogen) atoms. The molecular weight excluding hydrogens is 391 g/mol. The van der Waals surface area contributed by atoms with Gasteiger partial charge in [-0.3, -0.25) is 0 Å². The maximum Gasteiger partial charge on any atom is 0.128 e. The van der Waals surface area contributed by atoms with Crippen LogP contribution in [0.2, 0.25) is 0 Å². The van der Waals surface area contributed by atoms with E-state index in [1.165, 1.54) is 12.1 Å². The van der Waals surface area contributed by atoms with Gasteiger partial charge in [0.05, 0.1) is 6.10 Å². The molecule has 2 nitrogen and oxygen atoms in total. The molecule has 0 aromatic heterocycles. The van der Waals surface area contributed by atoms with Gasteiger partial charge in [0.1, 0.15) is 17.7 Å². The first-order valence-electron chi connectivity index (χ1n) is 6.13. The second kappa shape index (κ2) is 5.47. The van der Waals surface area contributed by atoms with Crippen LogP contribution >= 0.6 is 31.9 Å². The molecule has 0 spiro atoms. The molecule has 0 saturated heterocycles. The predicted octanol–water partition coefficient (Wildman–Crippen LogP) is 4.91. The fourth-order valence-corrected chi connectivity index (χ4v) is 3.21. The molecule has 2 atom stereocenters. The normalized spacial score (nSPS) is 21.2. The Morgan fingerprint density at radius 3 is 2.70 bits per heavy atom. The van der Waals surface area contributed by atoms with Gasteiger partial charge in [0.2, 0.25) is 0 Å². The van der Waals surface area contributed by atoms with Crippen molar-refractivity contribution in [2.24, 2.45) is 0 Å². The number of hydrogen-bond donors (Lipinski definition) is 1. The van der Waals surface area contributed by atoms with E-state index in [0.29, 0.717) is 17.7 Å². The van der Waals surface area contributed by atoms with Crippen molar-refractivity contribution in [1.82, 2.24) is 0 Å². The molecule has 104 valence electrons. The number of aliphatic hydroxyl groups excluding tert-OH is 1. The van der Waals surface area contributed by atoms with Crippen LogP contribution in [-0.4, -0.2) is 5.11 Å². The summed E-state index contributed by atoms with van der Waals surface area (Å²) in [4.78, 5) is 0. The first-order chi connectivity index (χ1) is 9.54. The maximum absolute atomic E-state index is 13.4. The van der Waals surface area contributed by atoms with Gasteiger partial charge in [-0.15, -0.1) is 0 Å². The summed E-state index contributed by atoms with van der Waals surface area (Å²) >= 11 is 6.78. The summed E-state index contributed by atoms with van der Waals surface area (Å²) in [5.41, 5.74) is 1.46. The van der Waals surface area contributed by atoms with Crippen LogP contribution in [0.4, 0.5) is 4.39 Å². The summed E-state index contributed by atoms with van der Waals surface area (Å²) in [5.74, 6) is 0.306. The highest BCUT2D eigenvalue weighted by Crippen LogP contribution is 2.43. The summed E-state index contributed by atoms with van der Waals surface area (Å²) in [5, 5.41) is 10.2. The van der Waals surface area contributed by atoms with Crippen LogP contribution in [0.5, 0.6) is 5.75 Å². The first kappa shape index (κ1) is 14.0. The number of rotatable bonds is 1. The van der Waals surface area contributed by atoms with Gasteiger partial charge in [-0.1, -0.05) is 37.9 Å². The van der Waals surface area contributed by atoms with Crippen molar-refractivity contribution in [3.63, 3.8) is 0 Å². The predicted molar refractivity (Wildman–Crippen MR) is 81.2 cm³/mol. The highest BCUT2D eigenvalue weighted by atomic mass is 79.9. The Labute approximate surface area is 132 Å². The fourth-order valence-electron chi connectivity index (χ4n) is 2.37. The van der Waals surface area contributed by atoms with Crippen LogP contribution in [0.3, 0.4) is 0 Å². The molecule has 1 aliphatic rings. The summed E-state index contributed by atoms with van der Waals surface area (Å²) in [6.07, 6.45) is -0.597. The second-order valence-electron chi connectivity index (χ2n) is 4.71. The molecule has 0 saturated carbocycles. The molecule has 0 radical (unpaired) electrons. The van der Waals surface area contributed by atoms with Crippen molar-refractivity contribution >= 4 is 31.9 Å². The van der Waals surface area contributed by atoms with Gasteiger partial charge in [-0.2, -0.15) is 0 Å². The van der Waals surface area contributed by atoms with Crippen LogP contribution in [0, 0.1) is 5.82 Å². The Morgan fingerprint density at radius 1 is 1.10 bits per heavy atom. The minimum atomic E-state index is -0.619. The number of fused-ring (bicyclic) bond motifs is 1. The molecule has 1 unspecified atom stereocenters. The van der Waals surface area contributed by atoms with E-state index in [1.54, 1.807) is 6.07 Å². The number of benzene rings is 2. The highest BCUT2D eigenvalue weighted by molar-refractivity contribution is 9.10. The van der Waals surface area contributed by atoms with Crippen molar-refractivity contribution in [3.8, 4) is 5.75 Å². The highest BCUT2D eigenvalue weighted by Gasteiger charge is 2.29. The minimum Gasteiger partial charge on any atom is -0.485 e. The van der Waals surface area contributed by atoms with Crippen molar-refractivity contribution in [1.29, 1.82) is 0 Å². The van der Waals surface area contributed by atoms with Gasteiger partial charge in [-0.05, 0) is 30.3 Å². The summed E-state index contributed by atoms with van der Waals surface area (Å²) in [6, 6.07) is 9.99. The van der Waals surface area contributed by atoms with E-state index in [0.717, 1.165) is 14.5 Å². The molecule has 2 aromatic carbocycles. The van der Waals surface area contributed by atoms with Crippen molar-refractivity contribution in [2.45, 2.75) is 18.6 Å². The third-order valence-corrected chi connectivity index (χ3v) is 4.56. The quantitative estimate of drug-likeness (QED) is 0.735. The van der Waals surface area contributed by atoms with Crippen LogP contribution in [0.1, 0.15) is 29.8 Å². The molecule has 5 heteroatoms. The van der Waals surface area contributed by atoms with Gasteiger partial charge < -0.3 is 9.84 Å². The summed E-state index contributed by atoms with van der Waals surface area (Å²) in [6.45, 7) is 0. The zero-order chi connectivity index (χ0) is 14.3. The van der Waals surface area contributed by atoms with Crippen molar-refractivity contribution in [3.05, 3.63) is 62.3 Å². The average Bonchev–Trinajstić information content (AvgIpc) is 2.41. The molecule has 1 aliphatic heterocycles. The largest absolute Gasteiger partial charge is 0.485 e. The zero-order valence-electron chi connectivity index (χ0n) is 10.3. The average molecular weight is 402 g/mol. The van der Waals surface area contributed by atoms with Crippen molar-refractivity contribution in [2.75, 3.05) is 0 Å². The minimum absolute atomic E-state index is 0.318. The van der Waals surface area contributed by atoms with E-state index in [1.807, 2.05) is 18.2 Å². The van der Waals surface area contributed by atoms with Gasteiger partial charge >= 0.3 is 0 Å². The Morgan fingerprint density at radius 2 is 1.90 bits per heavy atom. The van der Waals surface area contributed by atoms with E-state index >= 15 is 0 Å². The number of hydrogen-bond acceptors (Lipinski definition) is 2. The lowest BCUT2D eigenvalue weighted by molar-refractivity contribution is 0.0652. The molecule has 2 aromatic rings. The van der Waals surface area contributed by atoms with E-state index in [-0.39, 0.29) is 11.9 Å². The maximum atomic E-state index is 13.4. The lowest BCUT2D eigenvalue weighted by Crippen LogP contribution is -2.19. The molecule has 0 fully saturated rings. The second-order valence-corrected chi connectivity index (χ2v) is 6.48. The van der Waals surface area contributed by atoms with E-state index in [2.05, 4.69) is 31.9 Å². The molecule has 3 rings (SSSR count). The monoisotopic (exact) mass is 400 g/mol. The smallest absolute Gasteiger partial charge is 0.128 e. The van der Waals surface area contributed by atoms with Gasteiger partial charge in [0.15, 0.2) is 0 Å². The first-order valence-corrected chi connectivity index (χ1v) is 7.72. The van der Waals surface area contributed by atoms with E-state index in [9.17, 15) is 9.50 Å². The van der Waals surface area contributed by atoms with Gasteiger partial charge in [0.25, 0.3) is 0 Å². The fraction of sp³-hybridized carbons (Fsp3) is 0.200. The lowest BCUT2D eigenvalue weighted by Gasteiger charge is -2.30. The Bertz CT molecular complexity index is 660. The third-order valence-electron chi connectivity index (χ3n) is 3.35. The lowest BCUT2D eigenvalue weighted by atomic mass is 9.95. The SMILES string of the molecule is O[C@@H]1CC(c2cc(F)ccc2Br)Oc2cc(Br)ccc21. The van der Waals surface area contributed by atoms with Gasteiger partial charge in [-0.25, -0.2) is 4.39 Å².